The molecule has 1 aliphatic heterocycles. The van der Waals surface area contributed by atoms with Crippen molar-refractivity contribution in [2.24, 2.45) is 0 Å². The maximum atomic E-state index is 8.60. The van der Waals surface area contributed by atoms with Gasteiger partial charge in [0.05, 0.1) is 14.9 Å². The second-order valence-electron chi connectivity index (χ2n) is 5.40. The number of rotatable bonds is 0. The van der Waals surface area contributed by atoms with Crippen LogP contribution in [0.1, 0.15) is 22.3 Å². The highest BCUT2D eigenvalue weighted by atomic mass is 35.7. The van der Waals surface area contributed by atoms with E-state index in [2.05, 4.69) is 62.2 Å². The van der Waals surface area contributed by atoms with E-state index in [1.54, 1.807) is 0 Å². The minimum absolute atomic E-state index is 1.05. The second kappa shape index (κ2) is 6.24. The van der Waals surface area contributed by atoms with Crippen LogP contribution in [-0.4, -0.2) is 11.7 Å². The number of fused-ring (bicyclic) bond motifs is 2. The van der Waals surface area contributed by atoms with Gasteiger partial charge in [-0.15, -0.1) is 0 Å². The third-order valence-corrected chi connectivity index (χ3v) is 3.57. The van der Waals surface area contributed by atoms with Gasteiger partial charge >= 0.3 is 0 Å². The molecule has 0 spiro atoms. The minimum Gasteiger partial charge on any atom is -0.344 e. The van der Waals surface area contributed by atoms with Gasteiger partial charge in [0.1, 0.15) is 0 Å². The first-order chi connectivity index (χ1) is 10.1. The Morgan fingerprint density at radius 1 is 0.909 bits per heavy atom. The van der Waals surface area contributed by atoms with Crippen LogP contribution in [0.15, 0.2) is 36.4 Å². The van der Waals surface area contributed by atoms with Gasteiger partial charge in [-0.2, -0.15) is 14.0 Å². The van der Waals surface area contributed by atoms with E-state index in [-0.39, 0.29) is 0 Å². The predicted molar refractivity (Wildman–Crippen MR) is 75.4 cm³/mol. The van der Waals surface area contributed by atoms with Crippen molar-refractivity contribution < 1.29 is 28.9 Å². The Morgan fingerprint density at radius 2 is 1.27 bits per heavy atom. The largest absolute Gasteiger partial charge is 0.344 e. The minimum atomic E-state index is -4.69. The fraction of sp³-hybridized carbons (Fsp3) is 0.250. The highest BCUT2D eigenvalue weighted by Gasteiger charge is 2.19. The van der Waals surface area contributed by atoms with Gasteiger partial charge in [0, 0.05) is 24.8 Å². The van der Waals surface area contributed by atoms with E-state index < -0.39 is 10.2 Å². The maximum Gasteiger partial charge on any atom is 0.0777 e. The number of halogens is 1. The van der Waals surface area contributed by atoms with E-state index in [1.807, 2.05) is 0 Å². The summed E-state index contributed by atoms with van der Waals surface area (Å²) in [5.74, 6) is 0. The Morgan fingerprint density at radius 3 is 1.64 bits per heavy atom. The third kappa shape index (κ3) is 4.19. The summed E-state index contributed by atoms with van der Waals surface area (Å²) in [5.41, 5.74) is 8.23. The standard InChI is InChI=1S/C16H17N.ClHO4/c1-11-4-6-15-13(8-11)10-14-9-12(2)5-7-16(14)17(15)3;2-1(3,4)5/h4-9H,10H2,1-3H3;(H,2,3,4,5). The summed E-state index contributed by atoms with van der Waals surface area (Å²) in [7, 11) is -2.54. The zero-order chi connectivity index (χ0) is 16.5. The Bertz CT molecular complexity index is 625. The van der Waals surface area contributed by atoms with Crippen LogP contribution in [0.5, 0.6) is 0 Å². The lowest BCUT2D eigenvalue weighted by Gasteiger charge is -2.30. The average molecular weight is 324 g/mol. The van der Waals surface area contributed by atoms with Gasteiger partial charge in [-0.3, -0.25) is 0 Å². The van der Waals surface area contributed by atoms with Gasteiger partial charge in [-0.25, -0.2) is 0 Å². The summed E-state index contributed by atoms with van der Waals surface area (Å²) < 4.78 is 32.7. The molecule has 1 N–H and O–H groups in total. The van der Waals surface area contributed by atoms with E-state index in [9.17, 15) is 0 Å². The van der Waals surface area contributed by atoms with E-state index >= 15 is 0 Å². The molecule has 3 rings (SSSR count). The van der Waals surface area contributed by atoms with Crippen LogP contribution >= 0.6 is 0 Å². The Labute approximate surface area is 131 Å². The van der Waals surface area contributed by atoms with Crippen molar-refractivity contribution >= 4 is 11.4 Å². The molecule has 6 heteroatoms. The van der Waals surface area contributed by atoms with Crippen molar-refractivity contribution in [1.82, 2.24) is 0 Å². The summed E-state index contributed by atoms with van der Waals surface area (Å²) in [5, 5.41) is 0. The van der Waals surface area contributed by atoms with Crippen molar-refractivity contribution in [3.8, 4) is 0 Å². The van der Waals surface area contributed by atoms with Gasteiger partial charge in [0.25, 0.3) is 0 Å². The lowest BCUT2D eigenvalue weighted by atomic mass is 9.94. The van der Waals surface area contributed by atoms with Crippen molar-refractivity contribution in [2.45, 2.75) is 20.3 Å². The number of anilines is 2. The van der Waals surface area contributed by atoms with Gasteiger partial charge in [0.15, 0.2) is 0 Å². The molecule has 0 saturated heterocycles. The Hall–Kier alpha value is -1.63. The molecule has 0 amide bonds. The molecule has 0 aliphatic carbocycles. The summed E-state index contributed by atoms with van der Waals surface area (Å²) in [6.45, 7) is 4.32. The zero-order valence-corrected chi connectivity index (χ0v) is 13.4. The molecule has 0 atom stereocenters. The molecular formula is C16H18ClNO4. The summed E-state index contributed by atoms with van der Waals surface area (Å²) in [4.78, 5) is 2.30. The number of nitrogens with zero attached hydrogens (tertiary/aromatic N) is 1. The summed E-state index contributed by atoms with van der Waals surface area (Å²) in [6.07, 6.45) is 1.05. The van der Waals surface area contributed by atoms with Gasteiger partial charge in [-0.05, 0) is 37.1 Å². The van der Waals surface area contributed by atoms with E-state index in [4.69, 9.17) is 18.6 Å². The van der Waals surface area contributed by atoms with E-state index in [0.717, 1.165) is 6.42 Å². The van der Waals surface area contributed by atoms with Crippen molar-refractivity contribution in [3.05, 3.63) is 58.7 Å². The molecule has 0 unspecified atom stereocenters. The number of benzene rings is 2. The molecular weight excluding hydrogens is 306 g/mol. The topological polar surface area (TPSA) is 92.7 Å². The van der Waals surface area contributed by atoms with Gasteiger partial charge in [-0.1, -0.05) is 35.4 Å². The lowest BCUT2D eigenvalue weighted by molar-refractivity contribution is -1.92. The van der Waals surface area contributed by atoms with Crippen LogP contribution in [0, 0.1) is 24.1 Å². The predicted octanol–water partition coefficient (Wildman–Crippen LogP) is -0.148. The second-order valence-corrected chi connectivity index (χ2v) is 6.19. The third-order valence-electron chi connectivity index (χ3n) is 3.57. The van der Waals surface area contributed by atoms with Crippen molar-refractivity contribution in [1.29, 1.82) is 0 Å². The first-order valence-corrected chi connectivity index (χ1v) is 7.97. The lowest BCUT2D eigenvalue weighted by Crippen LogP contribution is -2.58. The Balaban J connectivity index is 0.000000309. The van der Waals surface area contributed by atoms with E-state index in [1.165, 1.54) is 33.6 Å². The van der Waals surface area contributed by atoms with Gasteiger partial charge < -0.3 is 4.90 Å². The molecule has 0 saturated carbocycles. The fourth-order valence-corrected chi connectivity index (χ4v) is 2.70. The quantitative estimate of drug-likeness (QED) is 0.728. The first-order valence-electron chi connectivity index (χ1n) is 6.71. The zero-order valence-electron chi connectivity index (χ0n) is 12.7. The number of hydrogen-bond donors (Lipinski definition) is 1. The van der Waals surface area contributed by atoms with Crippen LogP contribution in [0.25, 0.3) is 0 Å². The molecule has 0 fully saturated rings. The van der Waals surface area contributed by atoms with Crippen molar-refractivity contribution in [2.75, 3.05) is 11.9 Å². The highest BCUT2D eigenvalue weighted by molar-refractivity contribution is 5.74. The van der Waals surface area contributed by atoms with Gasteiger partial charge in [0.2, 0.25) is 0 Å². The Kier molecular flexibility index (Phi) is 4.75. The van der Waals surface area contributed by atoms with Crippen LogP contribution in [0.4, 0.5) is 11.4 Å². The smallest absolute Gasteiger partial charge is 0.0777 e. The molecule has 0 radical (unpaired) electrons. The molecule has 0 bridgehead atoms. The molecule has 2 aromatic carbocycles. The summed E-state index contributed by atoms with van der Waals surface area (Å²) >= 11 is 0. The summed E-state index contributed by atoms with van der Waals surface area (Å²) in [6, 6.07) is 13.4. The van der Waals surface area contributed by atoms with Crippen LogP contribution < -0.4 is 18.9 Å². The highest BCUT2D eigenvalue weighted by Crippen LogP contribution is 2.37. The molecule has 5 nitrogen and oxygen atoms in total. The SMILES string of the molecule is Cc1ccc2c(c1)Cc1cc(C)ccc1N2C.[O-][Cl+3]([O-])([O-])O. The van der Waals surface area contributed by atoms with Crippen molar-refractivity contribution in [3.63, 3.8) is 0 Å². The molecule has 22 heavy (non-hydrogen) atoms. The molecule has 2 aromatic rings. The molecule has 0 aromatic heterocycles. The monoisotopic (exact) mass is 323 g/mol. The van der Waals surface area contributed by atoms with Crippen LogP contribution in [0.2, 0.25) is 0 Å². The van der Waals surface area contributed by atoms with Crippen LogP contribution in [0.3, 0.4) is 0 Å². The molecule has 1 aliphatic rings. The molecule has 1 heterocycles. The first kappa shape index (κ1) is 16.7. The fourth-order valence-electron chi connectivity index (χ4n) is 2.70. The maximum absolute atomic E-state index is 8.60. The number of aryl methyl sites for hydroxylation is 2. The molecule has 118 valence electrons. The number of hydrogen-bond acceptors (Lipinski definition) is 5. The van der Waals surface area contributed by atoms with Crippen LogP contribution in [-0.2, 0) is 6.42 Å². The normalized spacial score (nSPS) is 13.0. The van der Waals surface area contributed by atoms with E-state index in [0.29, 0.717) is 0 Å². The average Bonchev–Trinajstić information content (AvgIpc) is 2.36.